The fourth-order valence-corrected chi connectivity index (χ4v) is 4.72. The number of rotatable bonds is 7. The quantitative estimate of drug-likeness (QED) is 0.378. The maximum Gasteiger partial charge on any atom is 0.416 e. The van der Waals surface area contributed by atoms with E-state index in [2.05, 4.69) is 0 Å². The summed E-state index contributed by atoms with van der Waals surface area (Å²) in [6.07, 6.45) is -2.65. The lowest BCUT2D eigenvalue weighted by atomic mass is 9.90. The van der Waals surface area contributed by atoms with E-state index >= 15 is 0 Å². The number of ether oxygens (including phenoxy) is 1. The Morgan fingerprint density at radius 1 is 1.06 bits per heavy atom. The molecule has 1 heterocycles. The molecule has 0 bridgehead atoms. The highest BCUT2D eigenvalue weighted by Crippen LogP contribution is 2.40. The molecule has 0 radical (unpaired) electrons. The second-order valence-electron chi connectivity index (χ2n) is 8.57. The molecule has 1 aliphatic rings. The molecule has 1 saturated heterocycles. The highest BCUT2D eigenvalue weighted by Gasteiger charge is 2.38. The van der Waals surface area contributed by atoms with Crippen LogP contribution in [0.4, 0.5) is 13.2 Å². The third-order valence-electron chi connectivity index (χ3n) is 6.22. The minimum Gasteiger partial charge on any atom is -0.489 e. The van der Waals surface area contributed by atoms with Gasteiger partial charge in [-0.2, -0.15) is 13.2 Å². The molecule has 184 valence electrons. The van der Waals surface area contributed by atoms with E-state index in [4.69, 9.17) is 16.3 Å². The van der Waals surface area contributed by atoms with Crippen molar-refractivity contribution in [2.45, 2.75) is 44.1 Å². The summed E-state index contributed by atoms with van der Waals surface area (Å²) in [4.78, 5) is 13.8. The summed E-state index contributed by atoms with van der Waals surface area (Å²) in [5.41, 5.74) is 1.05. The Labute approximate surface area is 206 Å². The zero-order chi connectivity index (χ0) is 25.0. The second-order valence-corrected chi connectivity index (χ2v) is 8.97. The van der Waals surface area contributed by atoms with Gasteiger partial charge in [-0.25, -0.2) is 0 Å². The van der Waals surface area contributed by atoms with Crippen LogP contribution in [0, 0.1) is 0 Å². The van der Waals surface area contributed by atoms with E-state index in [1.807, 2.05) is 30.3 Å². The van der Waals surface area contributed by atoms with Gasteiger partial charge < -0.3 is 9.84 Å². The number of carboxylic acid groups (broad SMARTS) is 1. The normalized spacial score (nSPS) is 17.7. The molecule has 2 atom stereocenters. The van der Waals surface area contributed by atoms with Crippen molar-refractivity contribution in [3.05, 3.63) is 100 Å². The monoisotopic (exact) mass is 503 g/mol. The summed E-state index contributed by atoms with van der Waals surface area (Å²) in [5, 5.41) is 10.0. The van der Waals surface area contributed by atoms with Crippen LogP contribution < -0.4 is 4.74 Å². The van der Waals surface area contributed by atoms with Crippen molar-refractivity contribution < 1.29 is 27.8 Å². The predicted molar refractivity (Wildman–Crippen MR) is 127 cm³/mol. The lowest BCUT2D eigenvalue weighted by Gasteiger charge is -2.40. The number of benzene rings is 3. The molecule has 4 rings (SSSR count). The van der Waals surface area contributed by atoms with Crippen molar-refractivity contribution in [2.75, 3.05) is 6.54 Å². The molecule has 3 aromatic carbocycles. The van der Waals surface area contributed by atoms with Gasteiger partial charge >= 0.3 is 12.1 Å². The molecule has 1 N–H and O–H groups in total. The first kappa shape index (κ1) is 25.1. The molecule has 8 heteroatoms. The number of likely N-dealkylation sites (tertiary alicyclic amines) is 1. The van der Waals surface area contributed by atoms with Crippen molar-refractivity contribution in [2.24, 2.45) is 0 Å². The average Bonchev–Trinajstić information content (AvgIpc) is 2.85. The molecule has 0 saturated carbocycles. The van der Waals surface area contributed by atoms with E-state index < -0.39 is 29.8 Å². The first-order chi connectivity index (χ1) is 16.7. The molecule has 35 heavy (non-hydrogen) atoms. The lowest BCUT2D eigenvalue weighted by molar-refractivity contribution is -0.145. The molecule has 2 unspecified atom stereocenters. The Bertz CT molecular complexity index is 1150. The summed E-state index contributed by atoms with van der Waals surface area (Å²) >= 11 is 6.42. The Morgan fingerprint density at radius 3 is 2.43 bits per heavy atom. The summed E-state index contributed by atoms with van der Waals surface area (Å²) in [5.74, 6) is -0.402. The van der Waals surface area contributed by atoms with Crippen LogP contribution >= 0.6 is 11.6 Å². The SMILES string of the molecule is O=C(O)C1CCCCN1C(c1ccc(OCc2ccccc2)cc1)c1cc(C(F)(F)F)ccc1Cl. The number of aliphatic carboxylic acids is 1. The fraction of sp³-hybridized carbons (Fsp3) is 0.296. The van der Waals surface area contributed by atoms with Gasteiger partial charge in [0.2, 0.25) is 0 Å². The highest BCUT2D eigenvalue weighted by atomic mass is 35.5. The molecule has 0 aromatic heterocycles. The molecule has 0 aliphatic carbocycles. The van der Waals surface area contributed by atoms with Crippen LogP contribution in [0.15, 0.2) is 72.8 Å². The van der Waals surface area contributed by atoms with E-state index in [9.17, 15) is 23.1 Å². The maximum absolute atomic E-state index is 13.5. The van der Waals surface area contributed by atoms with Crippen molar-refractivity contribution in [3.63, 3.8) is 0 Å². The van der Waals surface area contributed by atoms with E-state index in [-0.39, 0.29) is 10.6 Å². The second kappa shape index (κ2) is 10.7. The third kappa shape index (κ3) is 5.97. The summed E-state index contributed by atoms with van der Waals surface area (Å²) in [7, 11) is 0. The van der Waals surface area contributed by atoms with Gasteiger partial charge in [0.15, 0.2) is 0 Å². The minimum atomic E-state index is -4.55. The Morgan fingerprint density at radius 2 is 1.77 bits per heavy atom. The first-order valence-electron chi connectivity index (χ1n) is 11.4. The van der Waals surface area contributed by atoms with Gasteiger partial charge in [-0.3, -0.25) is 9.69 Å². The largest absolute Gasteiger partial charge is 0.489 e. The minimum absolute atomic E-state index is 0.155. The molecule has 3 aromatic rings. The third-order valence-corrected chi connectivity index (χ3v) is 6.57. The number of carbonyl (C=O) groups is 1. The zero-order valence-electron chi connectivity index (χ0n) is 18.8. The summed E-state index contributed by atoms with van der Waals surface area (Å²) in [6.45, 7) is 0.802. The molecular formula is C27H25ClF3NO3. The fourth-order valence-electron chi connectivity index (χ4n) is 4.49. The highest BCUT2D eigenvalue weighted by molar-refractivity contribution is 6.31. The van der Waals surface area contributed by atoms with Gasteiger partial charge in [-0.15, -0.1) is 0 Å². The van der Waals surface area contributed by atoms with Gasteiger partial charge in [0.05, 0.1) is 11.6 Å². The summed E-state index contributed by atoms with van der Waals surface area (Å²) in [6, 6.07) is 18.3. The molecule has 1 fully saturated rings. The molecule has 4 nitrogen and oxygen atoms in total. The molecule has 0 amide bonds. The Balaban J connectivity index is 1.70. The van der Waals surface area contributed by atoms with Crippen LogP contribution in [-0.2, 0) is 17.6 Å². The van der Waals surface area contributed by atoms with Crippen molar-refractivity contribution in [1.29, 1.82) is 0 Å². The first-order valence-corrected chi connectivity index (χ1v) is 11.7. The van der Waals surface area contributed by atoms with Gasteiger partial charge in [-0.05, 0) is 66.4 Å². The van der Waals surface area contributed by atoms with E-state index in [0.29, 0.717) is 30.9 Å². The van der Waals surface area contributed by atoms with Crippen LogP contribution in [0.2, 0.25) is 5.02 Å². The number of carboxylic acids is 1. The van der Waals surface area contributed by atoms with Crippen LogP contribution in [-0.4, -0.2) is 28.6 Å². The smallest absolute Gasteiger partial charge is 0.416 e. The van der Waals surface area contributed by atoms with Gasteiger partial charge in [0.25, 0.3) is 0 Å². The average molecular weight is 504 g/mol. The van der Waals surface area contributed by atoms with E-state index in [0.717, 1.165) is 30.5 Å². The van der Waals surface area contributed by atoms with Crippen LogP contribution in [0.5, 0.6) is 5.75 Å². The van der Waals surface area contributed by atoms with Gasteiger partial charge in [0.1, 0.15) is 18.4 Å². The predicted octanol–water partition coefficient (Wildman–Crippen LogP) is 6.97. The van der Waals surface area contributed by atoms with Gasteiger partial charge in [0, 0.05) is 5.02 Å². The van der Waals surface area contributed by atoms with E-state index in [1.54, 1.807) is 29.2 Å². The zero-order valence-corrected chi connectivity index (χ0v) is 19.6. The number of piperidine rings is 1. The van der Waals surface area contributed by atoms with Gasteiger partial charge in [-0.1, -0.05) is 60.5 Å². The number of hydrogen-bond acceptors (Lipinski definition) is 3. The summed E-state index contributed by atoms with van der Waals surface area (Å²) < 4.78 is 46.4. The number of nitrogens with zero attached hydrogens (tertiary/aromatic N) is 1. The van der Waals surface area contributed by atoms with Crippen molar-refractivity contribution in [1.82, 2.24) is 4.90 Å². The van der Waals surface area contributed by atoms with Crippen LogP contribution in [0.1, 0.15) is 47.6 Å². The lowest BCUT2D eigenvalue weighted by Crippen LogP contribution is -2.47. The van der Waals surface area contributed by atoms with Crippen molar-refractivity contribution >= 4 is 17.6 Å². The number of halogens is 4. The van der Waals surface area contributed by atoms with E-state index in [1.165, 1.54) is 6.07 Å². The molecular weight excluding hydrogens is 479 g/mol. The Hall–Kier alpha value is -3.03. The van der Waals surface area contributed by atoms with Crippen LogP contribution in [0.25, 0.3) is 0 Å². The van der Waals surface area contributed by atoms with Crippen molar-refractivity contribution in [3.8, 4) is 5.75 Å². The Kier molecular flexibility index (Phi) is 7.67. The molecule has 1 aliphatic heterocycles. The number of alkyl halides is 3. The van der Waals surface area contributed by atoms with Crippen LogP contribution in [0.3, 0.4) is 0 Å². The number of hydrogen-bond donors (Lipinski definition) is 1. The molecule has 0 spiro atoms. The maximum atomic E-state index is 13.5. The standard InChI is InChI=1S/C27H25ClF3NO3/c28-23-14-11-20(27(29,30)31)16-22(23)25(32-15-5-4-8-24(32)26(33)34)19-9-12-21(13-10-19)35-17-18-6-2-1-3-7-18/h1-3,6-7,9-14,16,24-25H,4-5,8,15,17H2,(H,33,34). The topological polar surface area (TPSA) is 49.8 Å².